The maximum absolute atomic E-state index is 13.5. The molecule has 4 rings (SSSR count). The van der Waals surface area contributed by atoms with E-state index < -0.39 is 0 Å². The van der Waals surface area contributed by atoms with Crippen molar-refractivity contribution >= 4 is 11.5 Å². The number of rotatable bonds is 7. The average molecular weight is 402 g/mol. The molecule has 0 saturated heterocycles. The minimum absolute atomic E-state index is 0.131. The second-order valence-electron chi connectivity index (χ2n) is 7.33. The lowest BCUT2D eigenvalue weighted by Gasteiger charge is -2.34. The van der Waals surface area contributed by atoms with E-state index in [1.165, 1.54) is 0 Å². The maximum Gasteiger partial charge on any atom is 0.183 e. The smallest absolute Gasteiger partial charge is 0.183 e. The number of hydrogen-bond acceptors (Lipinski definition) is 4. The fourth-order valence-electron chi connectivity index (χ4n) is 4.08. The van der Waals surface area contributed by atoms with Gasteiger partial charge in [-0.3, -0.25) is 4.79 Å². The summed E-state index contributed by atoms with van der Waals surface area (Å²) in [6.45, 7) is 5.05. The maximum atomic E-state index is 13.5. The van der Waals surface area contributed by atoms with Crippen molar-refractivity contribution in [2.45, 2.75) is 32.1 Å². The van der Waals surface area contributed by atoms with Gasteiger partial charge in [0.05, 0.1) is 12.0 Å². The largest absolute Gasteiger partial charge is 0.377 e. The topological polar surface area (TPSA) is 47.6 Å². The summed E-state index contributed by atoms with van der Waals surface area (Å²) in [6.07, 6.45) is -0.389. The fraction of sp³-hybridized carbons (Fsp3) is 0.269. The van der Waals surface area contributed by atoms with Gasteiger partial charge in [-0.25, -0.2) is 0 Å². The Labute approximate surface area is 177 Å². The monoisotopic (exact) mass is 401 g/mol. The number of fused-ring (bicyclic) bond motifs is 1. The Hall–Kier alpha value is -2.95. The molecule has 0 spiro atoms. The zero-order valence-electron chi connectivity index (χ0n) is 17.4. The lowest BCUT2D eigenvalue weighted by atomic mass is 9.78. The number of carbonyl (C=O) groups excluding carboxylic acids is 1. The van der Waals surface area contributed by atoms with Crippen molar-refractivity contribution in [3.63, 3.8) is 0 Å². The van der Waals surface area contributed by atoms with Crippen LogP contribution in [0.2, 0.25) is 0 Å². The van der Waals surface area contributed by atoms with Crippen LogP contribution < -0.4 is 5.32 Å². The van der Waals surface area contributed by atoms with Gasteiger partial charge in [0, 0.05) is 30.0 Å². The van der Waals surface area contributed by atoms with Gasteiger partial charge in [-0.05, 0) is 37.1 Å². The number of carbonyl (C=O) groups is 1. The molecule has 4 nitrogen and oxygen atoms in total. The molecule has 1 aliphatic heterocycles. The highest BCUT2D eigenvalue weighted by atomic mass is 16.7. The highest BCUT2D eigenvalue weighted by Crippen LogP contribution is 2.42. The summed E-state index contributed by atoms with van der Waals surface area (Å²) in [5, 5.41) is 3.60. The number of benzene rings is 3. The number of para-hydroxylation sites is 1. The number of hydrogen-bond donors (Lipinski definition) is 1. The van der Waals surface area contributed by atoms with Crippen LogP contribution in [0.4, 0.5) is 5.69 Å². The normalized spacial score (nSPS) is 18.2. The highest BCUT2D eigenvalue weighted by molar-refractivity contribution is 6.07. The van der Waals surface area contributed by atoms with Gasteiger partial charge in [0.1, 0.15) is 0 Å². The van der Waals surface area contributed by atoms with Crippen molar-refractivity contribution in [2.24, 2.45) is 0 Å². The van der Waals surface area contributed by atoms with Crippen LogP contribution in [-0.4, -0.2) is 19.0 Å². The number of Topliss-reactive ketones (excluding diaryl/α,β-unsaturated/α-hetero) is 1. The number of nitrogens with one attached hydrogen (secondary N) is 1. The summed E-state index contributed by atoms with van der Waals surface area (Å²) in [7, 11) is 0. The number of ether oxygens (including phenoxy) is 2. The molecule has 3 aromatic carbocycles. The van der Waals surface area contributed by atoms with E-state index in [-0.39, 0.29) is 24.0 Å². The van der Waals surface area contributed by atoms with Crippen LogP contribution in [0.1, 0.15) is 59.1 Å². The molecule has 0 fully saturated rings. The molecule has 2 unspecified atom stereocenters. The van der Waals surface area contributed by atoms with E-state index in [1.54, 1.807) is 0 Å². The minimum atomic E-state index is -0.389. The molecule has 0 aliphatic carbocycles. The molecule has 0 radical (unpaired) electrons. The van der Waals surface area contributed by atoms with E-state index in [2.05, 4.69) is 17.4 Å². The number of anilines is 1. The standard InChI is InChI=1S/C26H27NO3/c1-3-29-26(30-4-2)20-16-14-18(15-17-20)23-24(19-10-6-5-7-11-19)27-22-13-9-8-12-21(22)25(23)28/h5-17,23-24,26-27H,3-4H2,1-2H3. The Morgan fingerprint density at radius 2 is 1.43 bits per heavy atom. The predicted octanol–water partition coefficient (Wildman–Crippen LogP) is 5.89. The summed E-state index contributed by atoms with van der Waals surface area (Å²) in [6, 6.07) is 25.8. The zero-order chi connectivity index (χ0) is 20.9. The lowest BCUT2D eigenvalue weighted by molar-refractivity contribution is -0.140. The fourth-order valence-corrected chi connectivity index (χ4v) is 4.08. The van der Waals surface area contributed by atoms with Crippen molar-refractivity contribution in [3.8, 4) is 0 Å². The molecule has 0 amide bonds. The summed E-state index contributed by atoms with van der Waals surface area (Å²) in [5.41, 5.74) is 4.65. The summed E-state index contributed by atoms with van der Waals surface area (Å²) < 4.78 is 11.4. The Kier molecular flexibility index (Phi) is 6.26. The molecule has 154 valence electrons. The van der Waals surface area contributed by atoms with Crippen molar-refractivity contribution in [2.75, 3.05) is 18.5 Å². The van der Waals surface area contributed by atoms with E-state index >= 15 is 0 Å². The Bertz CT molecular complexity index is 979. The summed E-state index contributed by atoms with van der Waals surface area (Å²) in [5.74, 6) is -0.175. The van der Waals surface area contributed by atoms with Crippen molar-refractivity contribution in [3.05, 3.63) is 101 Å². The van der Waals surface area contributed by atoms with Gasteiger partial charge >= 0.3 is 0 Å². The van der Waals surface area contributed by atoms with Crippen molar-refractivity contribution in [1.82, 2.24) is 0 Å². The van der Waals surface area contributed by atoms with Crippen molar-refractivity contribution in [1.29, 1.82) is 0 Å². The van der Waals surface area contributed by atoms with E-state index in [4.69, 9.17) is 9.47 Å². The first kappa shape index (κ1) is 20.3. The molecule has 1 aliphatic rings. The van der Waals surface area contributed by atoms with Crippen molar-refractivity contribution < 1.29 is 14.3 Å². The quantitative estimate of drug-likeness (QED) is 0.501. The third-order valence-corrected chi connectivity index (χ3v) is 5.48. The van der Waals surface area contributed by atoms with E-state index in [9.17, 15) is 4.79 Å². The van der Waals surface area contributed by atoms with Gasteiger partial charge < -0.3 is 14.8 Å². The average Bonchev–Trinajstić information content (AvgIpc) is 2.80. The molecule has 2 atom stereocenters. The van der Waals surface area contributed by atoms with E-state index in [0.29, 0.717) is 13.2 Å². The Morgan fingerprint density at radius 3 is 2.10 bits per heavy atom. The SMILES string of the molecule is CCOC(OCC)c1ccc(C2C(=O)c3ccccc3NC2c2ccccc2)cc1. The van der Waals surface area contributed by atoms with Crippen LogP contribution in [0.25, 0.3) is 0 Å². The summed E-state index contributed by atoms with van der Waals surface area (Å²) >= 11 is 0. The first-order valence-corrected chi connectivity index (χ1v) is 10.5. The third-order valence-electron chi connectivity index (χ3n) is 5.48. The Morgan fingerprint density at radius 1 is 0.800 bits per heavy atom. The number of ketones is 1. The second kappa shape index (κ2) is 9.24. The predicted molar refractivity (Wildman–Crippen MR) is 119 cm³/mol. The molecular formula is C26H27NO3. The van der Waals surface area contributed by atoms with Gasteiger partial charge in [0.15, 0.2) is 12.1 Å². The summed E-state index contributed by atoms with van der Waals surface area (Å²) in [4.78, 5) is 13.5. The van der Waals surface area contributed by atoms with Crippen LogP contribution in [0, 0.1) is 0 Å². The van der Waals surface area contributed by atoms with Crippen LogP contribution in [0.5, 0.6) is 0 Å². The molecule has 30 heavy (non-hydrogen) atoms. The van der Waals surface area contributed by atoms with Gasteiger partial charge in [0.2, 0.25) is 0 Å². The third kappa shape index (κ3) is 4.02. The van der Waals surface area contributed by atoms with Gasteiger partial charge in [-0.1, -0.05) is 66.7 Å². The highest BCUT2D eigenvalue weighted by Gasteiger charge is 2.37. The second-order valence-corrected chi connectivity index (χ2v) is 7.33. The molecule has 0 saturated carbocycles. The van der Waals surface area contributed by atoms with E-state index in [1.807, 2.05) is 80.6 Å². The van der Waals surface area contributed by atoms with Gasteiger partial charge in [-0.15, -0.1) is 0 Å². The van der Waals surface area contributed by atoms with Crippen LogP contribution in [-0.2, 0) is 9.47 Å². The van der Waals surface area contributed by atoms with Gasteiger partial charge in [-0.2, -0.15) is 0 Å². The minimum Gasteiger partial charge on any atom is -0.377 e. The zero-order valence-corrected chi connectivity index (χ0v) is 17.4. The van der Waals surface area contributed by atoms with Gasteiger partial charge in [0.25, 0.3) is 0 Å². The molecular weight excluding hydrogens is 374 g/mol. The molecule has 0 bridgehead atoms. The molecule has 1 N–H and O–H groups in total. The molecule has 0 aromatic heterocycles. The molecule has 1 heterocycles. The van der Waals surface area contributed by atoms with Crippen LogP contribution in [0.15, 0.2) is 78.9 Å². The Balaban J connectivity index is 1.72. The molecule has 4 heteroatoms. The first-order valence-electron chi connectivity index (χ1n) is 10.5. The molecule has 3 aromatic rings. The van der Waals surface area contributed by atoms with E-state index in [0.717, 1.165) is 27.9 Å². The lowest BCUT2D eigenvalue weighted by Crippen LogP contribution is -2.31. The van der Waals surface area contributed by atoms with Crippen LogP contribution >= 0.6 is 0 Å². The van der Waals surface area contributed by atoms with Crippen LogP contribution in [0.3, 0.4) is 0 Å². The first-order chi connectivity index (χ1) is 14.7.